The average Bonchev–Trinajstić information content (AvgIpc) is 3.10. The van der Waals surface area contributed by atoms with Crippen LogP contribution in [0.1, 0.15) is 12.0 Å². The van der Waals surface area contributed by atoms with Crippen LogP contribution in [0.5, 0.6) is 0 Å². The van der Waals surface area contributed by atoms with Crippen LogP contribution in [0.3, 0.4) is 0 Å². The Morgan fingerprint density at radius 1 is 1.22 bits per heavy atom. The number of carbonyl (C=O) groups is 1. The van der Waals surface area contributed by atoms with Crippen molar-refractivity contribution < 1.29 is 9.53 Å². The van der Waals surface area contributed by atoms with Crippen molar-refractivity contribution in [3.05, 3.63) is 48.0 Å². The molecule has 23 heavy (non-hydrogen) atoms. The first kappa shape index (κ1) is 16.3. The van der Waals surface area contributed by atoms with Gasteiger partial charge in [-0.15, -0.1) is 0 Å². The summed E-state index contributed by atoms with van der Waals surface area (Å²) in [5.74, 6) is 2.15. The molecule has 3 nitrogen and oxygen atoms in total. The minimum atomic E-state index is 0.139. The van der Waals surface area contributed by atoms with Gasteiger partial charge in [0.15, 0.2) is 0 Å². The maximum Gasteiger partial charge on any atom is 0.230 e. The Morgan fingerprint density at radius 2 is 2.09 bits per heavy atom. The SMILES string of the molecule is O=C(CSCCc1ccc2ccccc2c1)NC[C@@H]1CCOC1. The first-order chi connectivity index (χ1) is 11.3. The van der Waals surface area contributed by atoms with Crippen LogP contribution in [-0.2, 0) is 16.0 Å². The fraction of sp³-hybridized carbons (Fsp3) is 0.421. The first-order valence-electron chi connectivity index (χ1n) is 8.21. The van der Waals surface area contributed by atoms with Crippen LogP contribution in [0.25, 0.3) is 10.8 Å². The normalized spacial score (nSPS) is 17.5. The van der Waals surface area contributed by atoms with E-state index < -0.39 is 0 Å². The largest absolute Gasteiger partial charge is 0.381 e. The van der Waals surface area contributed by atoms with Crippen molar-refractivity contribution in [3.8, 4) is 0 Å². The lowest BCUT2D eigenvalue weighted by molar-refractivity contribution is -0.118. The quantitative estimate of drug-likeness (QED) is 0.792. The van der Waals surface area contributed by atoms with E-state index in [1.54, 1.807) is 11.8 Å². The van der Waals surface area contributed by atoms with Gasteiger partial charge in [0.1, 0.15) is 0 Å². The predicted molar refractivity (Wildman–Crippen MR) is 96.9 cm³/mol. The first-order valence-corrected chi connectivity index (χ1v) is 9.36. The molecule has 0 spiro atoms. The van der Waals surface area contributed by atoms with Crippen molar-refractivity contribution in [1.82, 2.24) is 5.32 Å². The summed E-state index contributed by atoms with van der Waals surface area (Å²) >= 11 is 1.70. The maximum absolute atomic E-state index is 11.8. The molecule has 3 rings (SSSR count). The second-order valence-corrected chi connectivity index (χ2v) is 7.12. The molecule has 1 atom stereocenters. The van der Waals surface area contributed by atoms with Gasteiger partial charge in [-0.3, -0.25) is 4.79 Å². The van der Waals surface area contributed by atoms with Gasteiger partial charge in [0.25, 0.3) is 0 Å². The molecule has 1 amide bonds. The Kier molecular flexibility index (Phi) is 5.94. The number of hydrogen-bond donors (Lipinski definition) is 1. The zero-order valence-corrected chi connectivity index (χ0v) is 14.1. The third-order valence-corrected chi connectivity index (χ3v) is 5.15. The van der Waals surface area contributed by atoms with Crippen LogP contribution in [0.2, 0.25) is 0 Å². The van der Waals surface area contributed by atoms with Crippen molar-refractivity contribution in [2.75, 3.05) is 31.3 Å². The van der Waals surface area contributed by atoms with Crippen LogP contribution < -0.4 is 5.32 Å². The molecule has 1 heterocycles. The topological polar surface area (TPSA) is 38.3 Å². The van der Waals surface area contributed by atoms with E-state index in [0.717, 1.165) is 38.4 Å². The van der Waals surface area contributed by atoms with Crippen molar-refractivity contribution in [2.24, 2.45) is 5.92 Å². The molecule has 0 unspecified atom stereocenters. The van der Waals surface area contributed by atoms with Gasteiger partial charge in [0, 0.05) is 19.1 Å². The summed E-state index contributed by atoms with van der Waals surface area (Å²) in [7, 11) is 0. The molecule has 0 radical (unpaired) electrons. The van der Waals surface area contributed by atoms with Gasteiger partial charge in [-0.2, -0.15) is 11.8 Å². The van der Waals surface area contributed by atoms with E-state index in [0.29, 0.717) is 11.7 Å². The molecule has 1 saturated heterocycles. The van der Waals surface area contributed by atoms with E-state index in [1.165, 1.54) is 16.3 Å². The summed E-state index contributed by atoms with van der Waals surface area (Å²) in [5.41, 5.74) is 1.33. The number of thioether (sulfide) groups is 1. The summed E-state index contributed by atoms with van der Waals surface area (Å²) in [6, 6.07) is 15.0. The summed E-state index contributed by atoms with van der Waals surface area (Å²) in [6.07, 6.45) is 2.06. The van der Waals surface area contributed by atoms with Crippen molar-refractivity contribution >= 4 is 28.4 Å². The Morgan fingerprint density at radius 3 is 2.91 bits per heavy atom. The molecule has 0 saturated carbocycles. The lowest BCUT2D eigenvalue weighted by atomic mass is 10.1. The highest BCUT2D eigenvalue weighted by Crippen LogP contribution is 2.17. The minimum absolute atomic E-state index is 0.139. The molecule has 2 aromatic rings. The van der Waals surface area contributed by atoms with Crippen LogP contribution in [0.15, 0.2) is 42.5 Å². The maximum atomic E-state index is 11.8. The van der Waals surface area contributed by atoms with Gasteiger partial charge < -0.3 is 10.1 Å². The zero-order chi connectivity index (χ0) is 15.9. The number of ether oxygens (including phenoxy) is 1. The fourth-order valence-corrected chi connectivity index (χ4v) is 3.61. The highest BCUT2D eigenvalue weighted by atomic mass is 32.2. The number of benzene rings is 2. The highest BCUT2D eigenvalue weighted by molar-refractivity contribution is 7.99. The van der Waals surface area contributed by atoms with Crippen molar-refractivity contribution in [1.29, 1.82) is 0 Å². The Labute approximate surface area is 141 Å². The number of nitrogens with one attached hydrogen (secondary N) is 1. The van der Waals surface area contributed by atoms with Gasteiger partial charge in [-0.25, -0.2) is 0 Å². The number of hydrogen-bond acceptors (Lipinski definition) is 3. The number of carbonyl (C=O) groups excluding carboxylic acids is 1. The molecule has 1 N–H and O–H groups in total. The van der Waals surface area contributed by atoms with Gasteiger partial charge >= 0.3 is 0 Å². The van der Waals surface area contributed by atoms with Gasteiger partial charge in [0.05, 0.1) is 12.4 Å². The lowest BCUT2D eigenvalue weighted by Gasteiger charge is -2.09. The molecule has 0 aliphatic carbocycles. The lowest BCUT2D eigenvalue weighted by Crippen LogP contribution is -2.30. The monoisotopic (exact) mass is 329 g/mol. The van der Waals surface area contributed by atoms with Crippen LogP contribution >= 0.6 is 11.8 Å². The molecule has 122 valence electrons. The standard InChI is InChI=1S/C19H23NO2S/c21-19(20-12-16-7-9-22-13-16)14-23-10-8-15-5-6-17-3-1-2-4-18(17)11-15/h1-6,11,16H,7-10,12-14H2,(H,20,21)/t16-/m0/s1. The van der Waals surface area contributed by atoms with Crippen molar-refractivity contribution in [3.63, 3.8) is 0 Å². The van der Waals surface area contributed by atoms with E-state index in [9.17, 15) is 4.79 Å². The van der Waals surface area contributed by atoms with Gasteiger partial charge in [-0.1, -0.05) is 42.5 Å². The molecule has 4 heteroatoms. The molecule has 0 bridgehead atoms. The van der Waals surface area contributed by atoms with Crippen LogP contribution in [0, 0.1) is 5.92 Å². The number of aryl methyl sites for hydroxylation is 1. The Hall–Kier alpha value is -1.52. The Bertz CT molecular complexity index is 653. The summed E-state index contributed by atoms with van der Waals surface area (Å²) in [6.45, 7) is 2.38. The van der Waals surface area contributed by atoms with E-state index in [2.05, 4.69) is 47.8 Å². The van der Waals surface area contributed by atoms with Crippen LogP contribution in [-0.4, -0.2) is 37.2 Å². The second kappa shape index (κ2) is 8.37. The molecular formula is C19H23NO2S. The average molecular weight is 329 g/mol. The van der Waals surface area contributed by atoms with E-state index in [1.807, 2.05) is 0 Å². The summed E-state index contributed by atoms with van der Waals surface area (Å²) < 4.78 is 5.31. The minimum Gasteiger partial charge on any atom is -0.381 e. The highest BCUT2D eigenvalue weighted by Gasteiger charge is 2.16. The van der Waals surface area contributed by atoms with Gasteiger partial charge in [0.2, 0.25) is 5.91 Å². The van der Waals surface area contributed by atoms with Gasteiger partial charge in [-0.05, 0) is 34.9 Å². The Balaban J connectivity index is 1.36. The smallest absolute Gasteiger partial charge is 0.230 e. The van der Waals surface area contributed by atoms with E-state index in [-0.39, 0.29) is 5.91 Å². The van der Waals surface area contributed by atoms with E-state index in [4.69, 9.17) is 4.74 Å². The third kappa shape index (κ3) is 4.98. The molecule has 0 aromatic heterocycles. The third-order valence-electron chi connectivity index (χ3n) is 4.19. The zero-order valence-electron chi connectivity index (χ0n) is 13.3. The van der Waals surface area contributed by atoms with Crippen molar-refractivity contribution in [2.45, 2.75) is 12.8 Å². The molecule has 1 fully saturated rings. The second-order valence-electron chi connectivity index (χ2n) is 6.02. The fourth-order valence-electron chi connectivity index (χ4n) is 2.80. The summed E-state index contributed by atoms with van der Waals surface area (Å²) in [4.78, 5) is 11.8. The predicted octanol–water partition coefficient (Wildman–Crippen LogP) is 3.27. The summed E-state index contributed by atoms with van der Waals surface area (Å²) in [5, 5.41) is 5.57. The van der Waals surface area contributed by atoms with Crippen LogP contribution in [0.4, 0.5) is 0 Å². The van der Waals surface area contributed by atoms with E-state index >= 15 is 0 Å². The molecular weight excluding hydrogens is 306 g/mol. The molecule has 1 aliphatic heterocycles. The number of fused-ring (bicyclic) bond motifs is 1. The number of rotatable bonds is 7. The molecule has 2 aromatic carbocycles. The number of amides is 1. The molecule has 1 aliphatic rings.